The van der Waals surface area contributed by atoms with Crippen molar-refractivity contribution in [3.05, 3.63) is 34.8 Å². The number of benzene rings is 1. The molecule has 2 heterocycles. The Morgan fingerprint density at radius 1 is 1.25 bits per heavy atom. The number of rotatable bonds is 4. The second kappa shape index (κ2) is 5.76. The number of anilines is 1. The summed E-state index contributed by atoms with van der Waals surface area (Å²) >= 11 is 3.46. The van der Waals surface area contributed by atoms with Gasteiger partial charge in [-0.2, -0.15) is 0 Å². The fraction of sp³-hybridized carbons (Fsp3) is 0.286. The number of hydrogen-bond donors (Lipinski definition) is 2. The van der Waals surface area contributed by atoms with Gasteiger partial charge < -0.3 is 15.4 Å². The molecule has 20 heavy (non-hydrogen) atoms. The van der Waals surface area contributed by atoms with Gasteiger partial charge in [-0.05, 0) is 30.3 Å². The summed E-state index contributed by atoms with van der Waals surface area (Å²) in [6, 6.07) is 10.2. The summed E-state index contributed by atoms with van der Waals surface area (Å²) in [6.45, 7) is 1.95. The van der Waals surface area contributed by atoms with Crippen LogP contribution < -0.4 is 15.4 Å². The van der Waals surface area contributed by atoms with Gasteiger partial charge >= 0.3 is 0 Å². The highest BCUT2D eigenvalue weighted by atomic mass is 79.9. The Kier molecular flexibility index (Phi) is 3.84. The molecule has 0 amide bonds. The Hall–Kier alpha value is -1.66. The zero-order valence-electron chi connectivity index (χ0n) is 11.1. The van der Waals surface area contributed by atoms with E-state index in [0.29, 0.717) is 6.04 Å². The number of halogens is 1. The SMILES string of the molecule is COc1ccc(Br)cc1-c1ccc(NC2CNC2)nn1. The van der Waals surface area contributed by atoms with Crippen LogP contribution in [0.25, 0.3) is 11.3 Å². The molecule has 1 aliphatic heterocycles. The number of methoxy groups -OCH3 is 1. The van der Waals surface area contributed by atoms with Crippen LogP contribution >= 0.6 is 15.9 Å². The average molecular weight is 335 g/mol. The molecule has 2 N–H and O–H groups in total. The first-order valence-electron chi connectivity index (χ1n) is 6.41. The molecule has 0 unspecified atom stereocenters. The fourth-order valence-corrected chi connectivity index (χ4v) is 2.39. The summed E-state index contributed by atoms with van der Waals surface area (Å²) in [5, 5.41) is 15.0. The van der Waals surface area contributed by atoms with Gasteiger partial charge in [-0.3, -0.25) is 0 Å². The molecule has 0 aliphatic carbocycles. The highest BCUT2D eigenvalue weighted by Crippen LogP contribution is 2.31. The van der Waals surface area contributed by atoms with Crippen molar-refractivity contribution >= 4 is 21.7 Å². The van der Waals surface area contributed by atoms with E-state index in [1.165, 1.54) is 0 Å². The quantitative estimate of drug-likeness (QED) is 0.898. The van der Waals surface area contributed by atoms with Gasteiger partial charge in [0.2, 0.25) is 0 Å². The molecule has 6 heteroatoms. The summed E-state index contributed by atoms with van der Waals surface area (Å²) in [5.74, 6) is 1.58. The maximum atomic E-state index is 5.36. The number of nitrogens with one attached hydrogen (secondary N) is 2. The molecule has 0 bridgehead atoms. The standard InChI is InChI=1S/C14H15BrN4O/c1-20-13-4-2-9(15)6-11(13)12-3-5-14(19-18-12)17-10-7-16-8-10/h2-6,10,16H,7-8H2,1H3,(H,17,19). The van der Waals surface area contributed by atoms with Crippen LogP contribution in [-0.4, -0.2) is 36.4 Å². The molecular weight excluding hydrogens is 320 g/mol. The van der Waals surface area contributed by atoms with Gasteiger partial charge in [0.25, 0.3) is 0 Å². The molecule has 0 spiro atoms. The van der Waals surface area contributed by atoms with Crippen LogP contribution in [0.4, 0.5) is 5.82 Å². The second-order valence-corrected chi connectivity index (χ2v) is 5.56. The molecule has 1 saturated heterocycles. The van der Waals surface area contributed by atoms with E-state index in [0.717, 1.165) is 40.4 Å². The zero-order valence-corrected chi connectivity index (χ0v) is 12.6. The van der Waals surface area contributed by atoms with E-state index in [-0.39, 0.29) is 0 Å². The minimum atomic E-state index is 0.454. The Bertz CT molecular complexity index is 599. The summed E-state index contributed by atoms with van der Waals surface area (Å²) < 4.78 is 6.35. The van der Waals surface area contributed by atoms with Crippen LogP contribution in [0, 0.1) is 0 Å². The van der Waals surface area contributed by atoms with E-state index in [2.05, 4.69) is 36.8 Å². The highest BCUT2D eigenvalue weighted by molar-refractivity contribution is 9.10. The molecule has 104 valence electrons. The maximum Gasteiger partial charge on any atom is 0.148 e. The molecule has 1 aliphatic rings. The molecule has 3 rings (SSSR count). The third-order valence-corrected chi connectivity index (χ3v) is 3.73. The van der Waals surface area contributed by atoms with E-state index >= 15 is 0 Å². The Balaban J connectivity index is 1.84. The predicted octanol–water partition coefficient (Wildman–Crippen LogP) is 2.30. The minimum absolute atomic E-state index is 0.454. The summed E-state index contributed by atoms with van der Waals surface area (Å²) in [6.07, 6.45) is 0. The minimum Gasteiger partial charge on any atom is -0.496 e. The van der Waals surface area contributed by atoms with Gasteiger partial charge in [-0.15, -0.1) is 10.2 Å². The lowest BCUT2D eigenvalue weighted by molar-refractivity contribution is 0.416. The molecule has 1 aromatic heterocycles. The fourth-order valence-electron chi connectivity index (χ4n) is 2.03. The average Bonchev–Trinajstić information content (AvgIpc) is 2.43. The van der Waals surface area contributed by atoms with Crippen molar-refractivity contribution in [2.75, 3.05) is 25.5 Å². The molecule has 0 radical (unpaired) electrons. The first-order chi connectivity index (χ1) is 9.76. The van der Waals surface area contributed by atoms with Crippen LogP contribution in [0.15, 0.2) is 34.8 Å². The molecule has 1 fully saturated rings. The highest BCUT2D eigenvalue weighted by Gasteiger charge is 2.16. The molecule has 0 saturated carbocycles. The van der Waals surface area contributed by atoms with Crippen LogP contribution in [0.5, 0.6) is 5.75 Å². The van der Waals surface area contributed by atoms with Crippen molar-refractivity contribution in [1.82, 2.24) is 15.5 Å². The molecule has 0 atom stereocenters. The van der Waals surface area contributed by atoms with E-state index in [1.54, 1.807) is 7.11 Å². The molecule has 2 aromatic rings. The van der Waals surface area contributed by atoms with Gasteiger partial charge in [-0.25, -0.2) is 0 Å². The molecular formula is C14H15BrN4O. The lowest BCUT2D eigenvalue weighted by Crippen LogP contribution is -2.51. The third-order valence-electron chi connectivity index (χ3n) is 3.24. The lowest BCUT2D eigenvalue weighted by atomic mass is 10.1. The summed E-state index contributed by atoms with van der Waals surface area (Å²) in [7, 11) is 1.65. The Morgan fingerprint density at radius 3 is 2.70 bits per heavy atom. The van der Waals surface area contributed by atoms with E-state index in [1.807, 2.05) is 30.3 Å². The van der Waals surface area contributed by atoms with Gasteiger partial charge in [0.05, 0.1) is 18.8 Å². The van der Waals surface area contributed by atoms with E-state index < -0.39 is 0 Å². The van der Waals surface area contributed by atoms with Crippen LogP contribution in [-0.2, 0) is 0 Å². The van der Waals surface area contributed by atoms with Crippen LogP contribution in [0.3, 0.4) is 0 Å². The largest absolute Gasteiger partial charge is 0.496 e. The predicted molar refractivity (Wildman–Crippen MR) is 82.0 cm³/mol. The first-order valence-corrected chi connectivity index (χ1v) is 7.20. The van der Waals surface area contributed by atoms with Crippen molar-refractivity contribution in [2.45, 2.75) is 6.04 Å². The van der Waals surface area contributed by atoms with E-state index in [9.17, 15) is 0 Å². The number of nitrogens with zero attached hydrogens (tertiary/aromatic N) is 2. The Morgan fingerprint density at radius 2 is 2.10 bits per heavy atom. The maximum absolute atomic E-state index is 5.36. The van der Waals surface area contributed by atoms with Crippen molar-refractivity contribution < 1.29 is 4.74 Å². The normalized spacial score (nSPS) is 14.7. The van der Waals surface area contributed by atoms with Gasteiger partial charge in [0, 0.05) is 23.1 Å². The summed E-state index contributed by atoms with van der Waals surface area (Å²) in [4.78, 5) is 0. The van der Waals surface area contributed by atoms with Crippen LogP contribution in [0.1, 0.15) is 0 Å². The van der Waals surface area contributed by atoms with Crippen molar-refractivity contribution in [3.63, 3.8) is 0 Å². The monoisotopic (exact) mass is 334 g/mol. The number of hydrogen-bond acceptors (Lipinski definition) is 5. The molecule has 1 aromatic carbocycles. The third kappa shape index (κ3) is 2.76. The Labute approximate surface area is 125 Å². The first kappa shape index (κ1) is 13.3. The van der Waals surface area contributed by atoms with Crippen molar-refractivity contribution in [2.24, 2.45) is 0 Å². The van der Waals surface area contributed by atoms with Crippen molar-refractivity contribution in [1.29, 1.82) is 0 Å². The second-order valence-electron chi connectivity index (χ2n) is 4.65. The molecule has 5 nitrogen and oxygen atoms in total. The topological polar surface area (TPSA) is 59.1 Å². The van der Waals surface area contributed by atoms with Crippen molar-refractivity contribution in [3.8, 4) is 17.0 Å². The smallest absolute Gasteiger partial charge is 0.148 e. The van der Waals surface area contributed by atoms with E-state index in [4.69, 9.17) is 4.74 Å². The van der Waals surface area contributed by atoms with Gasteiger partial charge in [-0.1, -0.05) is 15.9 Å². The number of aromatic nitrogens is 2. The van der Waals surface area contributed by atoms with Gasteiger partial charge in [0.15, 0.2) is 0 Å². The number of ether oxygens (including phenoxy) is 1. The summed E-state index contributed by atoms with van der Waals surface area (Å²) in [5.41, 5.74) is 1.71. The zero-order chi connectivity index (χ0) is 13.9. The van der Waals surface area contributed by atoms with Gasteiger partial charge in [0.1, 0.15) is 11.6 Å². The van der Waals surface area contributed by atoms with Crippen LogP contribution in [0.2, 0.25) is 0 Å². The lowest BCUT2D eigenvalue weighted by Gasteiger charge is -2.28.